The summed E-state index contributed by atoms with van der Waals surface area (Å²) in [7, 11) is -1.09. The molecule has 0 bridgehead atoms. The van der Waals surface area contributed by atoms with Crippen LogP contribution in [-0.2, 0) is 23.0 Å². The van der Waals surface area contributed by atoms with Crippen molar-refractivity contribution in [3.8, 4) is 0 Å². The number of hydrogen-bond donors (Lipinski definition) is 2. The van der Waals surface area contributed by atoms with Crippen LogP contribution in [0.15, 0.2) is 40.8 Å². The van der Waals surface area contributed by atoms with Crippen molar-refractivity contribution < 1.29 is 23.3 Å². The van der Waals surface area contributed by atoms with E-state index in [4.69, 9.17) is 9.52 Å². The van der Waals surface area contributed by atoms with Crippen molar-refractivity contribution in [2.75, 3.05) is 12.3 Å². The van der Waals surface area contributed by atoms with Crippen LogP contribution in [-0.4, -0.2) is 33.5 Å². The van der Waals surface area contributed by atoms with Gasteiger partial charge in [-0.25, -0.2) is 4.79 Å². The maximum Gasteiger partial charge on any atom is 0.339 e. The second-order valence-corrected chi connectivity index (χ2v) is 6.71. The number of amides is 1. The van der Waals surface area contributed by atoms with E-state index in [2.05, 4.69) is 5.32 Å². The van der Waals surface area contributed by atoms with E-state index in [0.717, 1.165) is 5.56 Å². The Bertz CT molecular complexity index is 739. The van der Waals surface area contributed by atoms with Gasteiger partial charge in [0.2, 0.25) is 0 Å². The molecule has 128 valence electrons. The lowest BCUT2D eigenvalue weighted by atomic mass is 10.2. The number of carbonyl (C=O) groups excluding carboxylic acids is 1. The second-order valence-electron chi connectivity index (χ2n) is 5.14. The number of rotatable bonds is 8. The monoisotopic (exact) mass is 349 g/mol. The van der Waals surface area contributed by atoms with E-state index in [9.17, 15) is 13.8 Å². The van der Waals surface area contributed by atoms with Crippen molar-refractivity contribution in [3.63, 3.8) is 0 Å². The standard InChI is InChI=1S/C17H19NO5S/c1-2-14-13(17(20)21)10-15(23-14)16(19)18-8-9-24(22)11-12-6-4-3-5-7-12/h3-7,10H,2,8-9,11H2,1H3,(H,18,19)(H,20,21). The fourth-order valence-electron chi connectivity index (χ4n) is 2.18. The first-order valence-electron chi connectivity index (χ1n) is 7.54. The molecule has 0 fully saturated rings. The van der Waals surface area contributed by atoms with Crippen LogP contribution in [0.5, 0.6) is 0 Å². The van der Waals surface area contributed by atoms with E-state index >= 15 is 0 Å². The molecule has 1 heterocycles. The summed E-state index contributed by atoms with van der Waals surface area (Å²) >= 11 is 0. The van der Waals surface area contributed by atoms with E-state index in [1.807, 2.05) is 30.3 Å². The maximum absolute atomic E-state index is 12.0. The van der Waals surface area contributed by atoms with Crippen molar-refractivity contribution in [3.05, 3.63) is 59.0 Å². The molecule has 2 rings (SSSR count). The molecule has 0 aliphatic heterocycles. The van der Waals surface area contributed by atoms with Crippen molar-refractivity contribution >= 4 is 22.7 Å². The van der Waals surface area contributed by atoms with Gasteiger partial charge in [0.25, 0.3) is 5.91 Å². The van der Waals surface area contributed by atoms with Gasteiger partial charge in [0.05, 0.1) is 0 Å². The number of carboxylic acid groups (broad SMARTS) is 1. The first kappa shape index (κ1) is 17.9. The molecule has 1 amide bonds. The fraction of sp³-hybridized carbons (Fsp3) is 0.294. The van der Waals surface area contributed by atoms with Gasteiger partial charge in [-0.1, -0.05) is 37.3 Å². The number of aromatic carboxylic acids is 1. The lowest BCUT2D eigenvalue weighted by Gasteiger charge is -2.04. The Labute approximate surface area is 142 Å². The molecule has 0 spiro atoms. The highest BCUT2D eigenvalue weighted by molar-refractivity contribution is 7.84. The van der Waals surface area contributed by atoms with Gasteiger partial charge >= 0.3 is 5.97 Å². The summed E-state index contributed by atoms with van der Waals surface area (Å²) in [5.74, 6) is -0.667. The Kier molecular flexibility index (Phi) is 6.31. The Morgan fingerprint density at radius 1 is 1.25 bits per heavy atom. The van der Waals surface area contributed by atoms with Crippen LogP contribution in [0.2, 0.25) is 0 Å². The Morgan fingerprint density at radius 2 is 1.96 bits per heavy atom. The third kappa shape index (κ3) is 4.79. The van der Waals surface area contributed by atoms with Crippen molar-refractivity contribution in [1.82, 2.24) is 5.32 Å². The molecular formula is C17H19NO5S. The molecule has 1 unspecified atom stereocenters. The number of carboxylic acids is 1. The molecule has 7 heteroatoms. The number of benzene rings is 1. The lowest BCUT2D eigenvalue weighted by molar-refractivity contribution is 0.0694. The highest BCUT2D eigenvalue weighted by Crippen LogP contribution is 2.16. The van der Waals surface area contributed by atoms with Gasteiger partial charge < -0.3 is 14.8 Å². The molecule has 0 saturated carbocycles. The number of aryl methyl sites for hydroxylation is 1. The van der Waals surface area contributed by atoms with Gasteiger partial charge in [-0.3, -0.25) is 9.00 Å². The smallest absolute Gasteiger partial charge is 0.339 e. The summed E-state index contributed by atoms with van der Waals surface area (Å²) in [5, 5.41) is 11.6. The normalized spacial score (nSPS) is 11.9. The van der Waals surface area contributed by atoms with Gasteiger partial charge in [0, 0.05) is 41.3 Å². The van der Waals surface area contributed by atoms with Crippen LogP contribution in [0.25, 0.3) is 0 Å². The highest BCUT2D eigenvalue weighted by atomic mass is 32.2. The van der Waals surface area contributed by atoms with E-state index in [1.165, 1.54) is 6.07 Å². The Balaban J connectivity index is 1.85. The number of nitrogens with one attached hydrogen (secondary N) is 1. The van der Waals surface area contributed by atoms with Crippen LogP contribution in [0.1, 0.15) is 39.2 Å². The molecule has 2 N–H and O–H groups in total. The molecular weight excluding hydrogens is 330 g/mol. The minimum atomic E-state index is -1.13. The predicted molar refractivity (Wildman–Crippen MR) is 90.5 cm³/mol. The molecule has 0 aliphatic rings. The largest absolute Gasteiger partial charge is 0.478 e. The van der Waals surface area contributed by atoms with E-state index in [-0.39, 0.29) is 23.6 Å². The number of hydrogen-bond acceptors (Lipinski definition) is 4. The van der Waals surface area contributed by atoms with Crippen LogP contribution >= 0.6 is 0 Å². The minimum absolute atomic E-state index is 0.00435. The summed E-state index contributed by atoms with van der Waals surface area (Å²) in [5.41, 5.74) is 0.974. The van der Waals surface area contributed by atoms with Gasteiger partial charge in [0.15, 0.2) is 5.76 Å². The van der Waals surface area contributed by atoms with E-state index in [0.29, 0.717) is 17.9 Å². The third-order valence-electron chi connectivity index (χ3n) is 3.37. The molecule has 2 aromatic rings. The first-order valence-corrected chi connectivity index (χ1v) is 9.03. The highest BCUT2D eigenvalue weighted by Gasteiger charge is 2.19. The average molecular weight is 349 g/mol. The SMILES string of the molecule is CCc1oc(C(=O)NCCS(=O)Cc2ccccc2)cc1C(=O)O. The van der Waals surface area contributed by atoms with Gasteiger partial charge in [-0.15, -0.1) is 0 Å². The summed E-state index contributed by atoms with van der Waals surface area (Å²) in [6, 6.07) is 10.7. The zero-order valence-corrected chi connectivity index (χ0v) is 14.1. The molecule has 1 aromatic carbocycles. The van der Waals surface area contributed by atoms with Crippen LogP contribution in [0.3, 0.4) is 0 Å². The van der Waals surface area contributed by atoms with Gasteiger partial charge in [-0.05, 0) is 5.56 Å². The van der Waals surface area contributed by atoms with Crippen LogP contribution in [0.4, 0.5) is 0 Å². The molecule has 6 nitrogen and oxygen atoms in total. The third-order valence-corrected chi connectivity index (χ3v) is 4.68. The van der Waals surface area contributed by atoms with Crippen LogP contribution in [0, 0.1) is 0 Å². The fourth-order valence-corrected chi connectivity index (χ4v) is 3.22. The Hall–Kier alpha value is -2.41. The maximum atomic E-state index is 12.0. The minimum Gasteiger partial charge on any atom is -0.478 e. The summed E-state index contributed by atoms with van der Waals surface area (Å²) in [4.78, 5) is 23.1. The summed E-state index contributed by atoms with van der Waals surface area (Å²) in [6.45, 7) is 1.97. The first-order chi connectivity index (χ1) is 11.5. The quantitative estimate of drug-likeness (QED) is 0.762. The zero-order chi connectivity index (χ0) is 17.5. The van der Waals surface area contributed by atoms with Gasteiger partial charge in [0.1, 0.15) is 11.3 Å². The molecule has 0 radical (unpaired) electrons. The van der Waals surface area contributed by atoms with Gasteiger partial charge in [-0.2, -0.15) is 0 Å². The lowest BCUT2D eigenvalue weighted by Crippen LogP contribution is -2.27. The number of furan rings is 1. The molecule has 24 heavy (non-hydrogen) atoms. The molecule has 0 aliphatic carbocycles. The summed E-state index contributed by atoms with van der Waals surface area (Å²) < 4.78 is 17.3. The molecule has 1 aromatic heterocycles. The molecule has 1 atom stereocenters. The van der Waals surface area contributed by atoms with Crippen LogP contribution < -0.4 is 5.32 Å². The molecule has 0 saturated heterocycles. The van der Waals surface area contributed by atoms with Crippen molar-refractivity contribution in [2.24, 2.45) is 0 Å². The van der Waals surface area contributed by atoms with E-state index in [1.54, 1.807) is 6.92 Å². The predicted octanol–water partition coefficient (Wildman–Crippen LogP) is 2.22. The second kappa shape index (κ2) is 8.44. The van der Waals surface area contributed by atoms with Crippen molar-refractivity contribution in [1.29, 1.82) is 0 Å². The van der Waals surface area contributed by atoms with Crippen molar-refractivity contribution in [2.45, 2.75) is 19.1 Å². The average Bonchev–Trinajstić information content (AvgIpc) is 3.00. The topological polar surface area (TPSA) is 96.6 Å². The summed E-state index contributed by atoms with van der Waals surface area (Å²) in [6.07, 6.45) is 0.385. The number of carbonyl (C=O) groups is 2. The zero-order valence-electron chi connectivity index (χ0n) is 13.3. The van der Waals surface area contributed by atoms with E-state index < -0.39 is 22.7 Å². The Morgan fingerprint density at radius 3 is 2.54 bits per heavy atom.